The average molecular weight is 249 g/mol. The third kappa shape index (κ3) is 2.03. The van der Waals surface area contributed by atoms with Crippen LogP contribution < -0.4 is 4.74 Å². The molecule has 0 fully saturated rings. The Bertz CT molecular complexity index is 498. The van der Waals surface area contributed by atoms with E-state index in [1.54, 1.807) is 25.3 Å². The lowest BCUT2D eigenvalue weighted by Crippen LogP contribution is -2.41. The molecule has 1 atom stereocenters. The van der Waals surface area contributed by atoms with Crippen molar-refractivity contribution in [1.82, 2.24) is 4.90 Å². The van der Waals surface area contributed by atoms with Crippen molar-refractivity contribution in [2.45, 2.75) is 18.9 Å². The van der Waals surface area contributed by atoms with Crippen molar-refractivity contribution < 1.29 is 19.4 Å². The molecule has 0 aromatic heterocycles. The number of fused-ring (bicyclic) bond motifs is 1. The van der Waals surface area contributed by atoms with Crippen LogP contribution in [0.3, 0.4) is 0 Å². The molecule has 1 aliphatic heterocycles. The van der Waals surface area contributed by atoms with E-state index < -0.39 is 12.0 Å². The van der Waals surface area contributed by atoms with Gasteiger partial charge in [-0.1, -0.05) is 0 Å². The number of carboxylic acids is 1. The number of aliphatic carboxylic acids is 1. The van der Waals surface area contributed by atoms with Crippen LogP contribution in [0.4, 0.5) is 0 Å². The molecule has 1 amide bonds. The van der Waals surface area contributed by atoms with Crippen LogP contribution in [0.1, 0.15) is 22.3 Å². The minimum atomic E-state index is -0.967. The first-order valence-corrected chi connectivity index (χ1v) is 5.71. The van der Waals surface area contributed by atoms with Crippen LogP contribution in [-0.2, 0) is 11.2 Å². The molecule has 0 saturated carbocycles. The monoisotopic (exact) mass is 249 g/mol. The largest absolute Gasteiger partial charge is 0.497 e. The molecule has 1 heterocycles. The number of hydrogen-bond acceptors (Lipinski definition) is 3. The Balaban J connectivity index is 2.41. The highest BCUT2D eigenvalue weighted by molar-refractivity contribution is 5.98. The second-order valence-electron chi connectivity index (χ2n) is 4.33. The average Bonchev–Trinajstić information content (AvgIpc) is 2.48. The fourth-order valence-corrected chi connectivity index (χ4v) is 2.22. The number of amides is 1. The summed E-state index contributed by atoms with van der Waals surface area (Å²) >= 11 is 0. The van der Waals surface area contributed by atoms with Crippen molar-refractivity contribution in [3.8, 4) is 5.75 Å². The Morgan fingerprint density at radius 1 is 1.50 bits per heavy atom. The number of hydrogen-bond donors (Lipinski definition) is 1. The molecule has 0 aliphatic carbocycles. The van der Waals surface area contributed by atoms with E-state index >= 15 is 0 Å². The van der Waals surface area contributed by atoms with Gasteiger partial charge in [0.25, 0.3) is 5.91 Å². The number of carbonyl (C=O) groups is 2. The molecule has 5 heteroatoms. The van der Waals surface area contributed by atoms with E-state index in [1.165, 1.54) is 11.9 Å². The van der Waals surface area contributed by atoms with E-state index in [4.69, 9.17) is 9.84 Å². The Labute approximate surface area is 105 Å². The molecule has 96 valence electrons. The van der Waals surface area contributed by atoms with E-state index in [1.807, 2.05) is 0 Å². The summed E-state index contributed by atoms with van der Waals surface area (Å²) in [4.78, 5) is 24.6. The normalized spacial score (nSPS) is 19.1. The fourth-order valence-electron chi connectivity index (χ4n) is 2.22. The van der Waals surface area contributed by atoms with Crippen molar-refractivity contribution in [3.05, 3.63) is 29.3 Å². The van der Waals surface area contributed by atoms with E-state index in [-0.39, 0.29) is 5.91 Å². The molecule has 0 radical (unpaired) electrons. The smallest absolute Gasteiger partial charge is 0.326 e. The summed E-state index contributed by atoms with van der Waals surface area (Å²) in [6.45, 7) is 0. The van der Waals surface area contributed by atoms with Gasteiger partial charge in [0.1, 0.15) is 11.8 Å². The van der Waals surface area contributed by atoms with Crippen molar-refractivity contribution in [3.63, 3.8) is 0 Å². The lowest BCUT2D eigenvalue weighted by molar-refractivity contribution is -0.142. The van der Waals surface area contributed by atoms with E-state index in [2.05, 4.69) is 0 Å². The summed E-state index contributed by atoms with van der Waals surface area (Å²) in [5.74, 6) is -0.541. The lowest BCUT2D eigenvalue weighted by Gasteiger charge is -2.22. The van der Waals surface area contributed by atoms with Crippen molar-refractivity contribution >= 4 is 11.9 Å². The third-order valence-corrected chi connectivity index (χ3v) is 3.30. The highest BCUT2D eigenvalue weighted by Gasteiger charge is 2.31. The maximum Gasteiger partial charge on any atom is 0.326 e. The lowest BCUT2D eigenvalue weighted by atomic mass is 10.0. The quantitative estimate of drug-likeness (QED) is 0.854. The number of carboxylic acid groups (broad SMARTS) is 1. The predicted octanol–water partition coefficient (Wildman–Crippen LogP) is 1.17. The number of ether oxygens (including phenoxy) is 1. The van der Waals surface area contributed by atoms with Gasteiger partial charge in [-0.2, -0.15) is 0 Å². The summed E-state index contributed by atoms with van der Waals surface area (Å²) in [7, 11) is 3.09. The molecule has 0 bridgehead atoms. The summed E-state index contributed by atoms with van der Waals surface area (Å²) in [6, 6.07) is 4.43. The highest BCUT2D eigenvalue weighted by atomic mass is 16.5. The number of benzene rings is 1. The number of methoxy groups -OCH3 is 1. The van der Waals surface area contributed by atoms with E-state index in [9.17, 15) is 9.59 Å². The minimum absolute atomic E-state index is 0.252. The van der Waals surface area contributed by atoms with Gasteiger partial charge in [0.05, 0.1) is 7.11 Å². The first-order valence-electron chi connectivity index (χ1n) is 5.71. The number of rotatable bonds is 2. The van der Waals surface area contributed by atoms with Gasteiger partial charge in [-0.25, -0.2) is 4.79 Å². The number of aryl methyl sites for hydroxylation is 1. The molecule has 0 saturated heterocycles. The van der Waals surface area contributed by atoms with Crippen molar-refractivity contribution in [2.24, 2.45) is 0 Å². The molecule has 1 aliphatic rings. The van der Waals surface area contributed by atoms with Crippen LogP contribution >= 0.6 is 0 Å². The second kappa shape index (κ2) is 4.68. The molecule has 0 spiro atoms. The standard InChI is InChI=1S/C13H15NO4/c1-14-11(13(16)17)6-3-8-7-9(18-2)4-5-10(8)12(14)15/h4-5,7,11H,3,6H2,1-2H3,(H,16,17). The van der Waals surface area contributed by atoms with E-state index in [0.717, 1.165) is 5.56 Å². The van der Waals surface area contributed by atoms with Crippen molar-refractivity contribution in [1.29, 1.82) is 0 Å². The summed E-state index contributed by atoms with van der Waals surface area (Å²) in [5, 5.41) is 9.11. The van der Waals surface area contributed by atoms with Crippen LogP contribution in [0.25, 0.3) is 0 Å². The zero-order chi connectivity index (χ0) is 13.3. The maximum absolute atomic E-state index is 12.2. The minimum Gasteiger partial charge on any atom is -0.497 e. The van der Waals surface area contributed by atoms with Gasteiger partial charge in [-0.3, -0.25) is 4.79 Å². The van der Waals surface area contributed by atoms with Crippen LogP contribution in [0.15, 0.2) is 18.2 Å². The Morgan fingerprint density at radius 2 is 2.22 bits per heavy atom. The zero-order valence-corrected chi connectivity index (χ0v) is 10.3. The Kier molecular flexibility index (Phi) is 3.23. The van der Waals surface area contributed by atoms with Gasteiger partial charge in [0.15, 0.2) is 0 Å². The van der Waals surface area contributed by atoms with Crippen LogP contribution in [-0.4, -0.2) is 42.1 Å². The van der Waals surface area contributed by atoms with Gasteiger partial charge in [0, 0.05) is 12.6 Å². The molecular formula is C13H15NO4. The van der Waals surface area contributed by atoms with Gasteiger partial charge >= 0.3 is 5.97 Å². The Morgan fingerprint density at radius 3 is 2.83 bits per heavy atom. The number of nitrogens with zero attached hydrogens (tertiary/aromatic N) is 1. The predicted molar refractivity (Wildman–Crippen MR) is 64.8 cm³/mol. The zero-order valence-electron chi connectivity index (χ0n) is 10.3. The van der Waals surface area contributed by atoms with E-state index in [0.29, 0.717) is 24.2 Å². The topological polar surface area (TPSA) is 66.8 Å². The second-order valence-corrected chi connectivity index (χ2v) is 4.33. The van der Waals surface area contributed by atoms with Crippen LogP contribution in [0.5, 0.6) is 5.75 Å². The molecule has 1 aromatic rings. The fraction of sp³-hybridized carbons (Fsp3) is 0.385. The van der Waals surface area contributed by atoms with Crippen molar-refractivity contribution in [2.75, 3.05) is 14.2 Å². The first-order chi connectivity index (χ1) is 8.54. The van der Waals surface area contributed by atoms with Gasteiger partial charge < -0.3 is 14.7 Å². The first kappa shape index (κ1) is 12.4. The number of carbonyl (C=O) groups excluding carboxylic acids is 1. The molecule has 2 rings (SSSR count). The van der Waals surface area contributed by atoms with Gasteiger partial charge in [0.2, 0.25) is 0 Å². The van der Waals surface area contributed by atoms with Crippen LogP contribution in [0.2, 0.25) is 0 Å². The molecule has 1 unspecified atom stereocenters. The van der Waals surface area contributed by atoms with Gasteiger partial charge in [-0.05, 0) is 36.6 Å². The summed E-state index contributed by atoms with van der Waals surface area (Å²) in [5.41, 5.74) is 1.40. The summed E-state index contributed by atoms with van der Waals surface area (Å²) in [6.07, 6.45) is 0.970. The maximum atomic E-state index is 12.2. The Hall–Kier alpha value is -2.04. The highest BCUT2D eigenvalue weighted by Crippen LogP contribution is 2.25. The van der Waals surface area contributed by atoms with Crippen LogP contribution in [0, 0.1) is 0 Å². The number of likely N-dealkylation sites (N-methyl/N-ethyl adjacent to an activating group) is 1. The molecular weight excluding hydrogens is 234 g/mol. The third-order valence-electron chi connectivity index (χ3n) is 3.30. The molecule has 18 heavy (non-hydrogen) atoms. The SMILES string of the molecule is COc1ccc2c(c1)CCC(C(=O)O)N(C)C2=O. The molecule has 5 nitrogen and oxygen atoms in total. The summed E-state index contributed by atoms with van der Waals surface area (Å²) < 4.78 is 5.12. The molecule has 1 aromatic carbocycles. The molecule has 1 N–H and O–H groups in total. The van der Waals surface area contributed by atoms with Gasteiger partial charge in [-0.15, -0.1) is 0 Å².